The van der Waals surface area contributed by atoms with Gasteiger partial charge in [0.1, 0.15) is 17.6 Å². The molecule has 1 saturated heterocycles. The summed E-state index contributed by atoms with van der Waals surface area (Å²) in [7, 11) is 1.63. The third-order valence-electron chi connectivity index (χ3n) is 5.09. The lowest BCUT2D eigenvalue weighted by atomic mass is 10.0. The van der Waals surface area contributed by atoms with Crippen molar-refractivity contribution in [2.75, 3.05) is 25.5 Å². The first-order valence-corrected chi connectivity index (χ1v) is 9.35. The van der Waals surface area contributed by atoms with Gasteiger partial charge in [0.2, 0.25) is 0 Å². The number of ether oxygens (including phenoxy) is 1. The second-order valence-electron chi connectivity index (χ2n) is 6.96. The summed E-state index contributed by atoms with van der Waals surface area (Å²) in [5.41, 5.74) is 11.4. The maximum Gasteiger partial charge on any atom is 0.158 e. The Kier molecular flexibility index (Phi) is 5.48. The van der Waals surface area contributed by atoms with Gasteiger partial charge < -0.3 is 15.2 Å². The summed E-state index contributed by atoms with van der Waals surface area (Å²) in [6.45, 7) is 1.83. The summed E-state index contributed by atoms with van der Waals surface area (Å²) in [6, 6.07) is 9.28. The SMILES string of the molecule is COc1cccc(Nc2ncnn3ccc(CN4CC[C@@H](N=[N+]=[N-])[C@H](O)C4)c23)c1. The number of likely N-dealkylation sites (tertiary alicyclic amines) is 1. The second-order valence-corrected chi connectivity index (χ2v) is 6.96. The van der Waals surface area contributed by atoms with E-state index in [1.165, 1.54) is 6.33 Å². The average molecular weight is 394 g/mol. The summed E-state index contributed by atoms with van der Waals surface area (Å²) in [6.07, 6.45) is 3.36. The standard InChI is InChI=1S/C19H22N8O2/c1-29-15-4-2-3-14(9-15)23-19-18-13(5-8-27(18)22-12-21-19)10-26-7-6-16(24-25-20)17(28)11-26/h2-5,8-9,12,16-17,28H,6-7,10-11H2,1H3,(H,21,22,23)/t16-,17-/m1/s1. The molecule has 10 heteroatoms. The van der Waals surface area contributed by atoms with Crippen LogP contribution < -0.4 is 10.1 Å². The van der Waals surface area contributed by atoms with E-state index < -0.39 is 6.10 Å². The molecule has 0 spiro atoms. The molecule has 150 valence electrons. The van der Waals surface area contributed by atoms with Gasteiger partial charge in [0, 0.05) is 36.0 Å². The lowest BCUT2D eigenvalue weighted by Gasteiger charge is -2.33. The van der Waals surface area contributed by atoms with Gasteiger partial charge >= 0.3 is 0 Å². The van der Waals surface area contributed by atoms with Crippen LogP contribution in [0, 0.1) is 0 Å². The molecule has 1 aliphatic rings. The minimum atomic E-state index is -0.667. The van der Waals surface area contributed by atoms with Crippen LogP contribution in [0.1, 0.15) is 12.0 Å². The Morgan fingerprint density at radius 2 is 2.31 bits per heavy atom. The lowest BCUT2D eigenvalue weighted by molar-refractivity contribution is 0.0503. The first kappa shape index (κ1) is 19.0. The molecule has 29 heavy (non-hydrogen) atoms. The Bertz CT molecular complexity index is 1050. The highest BCUT2D eigenvalue weighted by molar-refractivity contribution is 5.76. The molecule has 2 N–H and O–H groups in total. The first-order valence-electron chi connectivity index (χ1n) is 9.35. The summed E-state index contributed by atoms with van der Waals surface area (Å²) < 4.78 is 7.07. The van der Waals surface area contributed by atoms with Crippen LogP contribution in [0.5, 0.6) is 5.75 Å². The zero-order valence-electron chi connectivity index (χ0n) is 16.0. The monoisotopic (exact) mass is 394 g/mol. The van der Waals surface area contributed by atoms with Gasteiger partial charge in [0.15, 0.2) is 5.82 Å². The van der Waals surface area contributed by atoms with Crippen LogP contribution in [0.4, 0.5) is 11.5 Å². The van der Waals surface area contributed by atoms with Crippen LogP contribution in [0.2, 0.25) is 0 Å². The van der Waals surface area contributed by atoms with Crippen molar-refractivity contribution in [3.8, 4) is 5.75 Å². The van der Waals surface area contributed by atoms with Crippen LogP contribution in [-0.4, -0.2) is 56.9 Å². The molecular weight excluding hydrogens is 372 g/mol. The van der Waals surface area contributed by atoms with Gasteiger partial charge in [-0.3, -0.25) is 4.90 Å². The highest BCUT2D eigenvalue weighted by atomic mass is 16.5. The number of nitrogens with zero attached hydrogens (tertiary/aromatic N) is 7. The molecule has 3 aromatic rings. The van der Waals surface area contributed by atoms with E-state index in [1.54, 1.807) is 11.6 Å². The lowest BCUT2D eigenvalue weighted by Crippen LogP contribution is -2.45. The maximum atomic E-state index is 10.3. The molecule has 2 aromatic heterocycles. The zero-order chi connectivity index (χ0) is 20.2. The molecule has 4 rings (SSSR count). The summed E-state index contributed by atoms with van der Waals surface area (Å²) in [5.74, 6) is 1.45. The van der Waals surface area contributed by atoms with E-state index >= 15 is 0 Å². The van der Waals surface area contributed by atoms with Crippen LogP contribution >= 0.6 is 0 Å². The number of nitrogens with one attached hydrogen (secondary N) is 1. The van der Waals surface area contributed by atoms with Gasteiger partial charge in [0.25, 0.3) is 0 Å². The highest BCUT2D eigenvalue weighted by Crippen LogP contribution is 2.27. The fourth-order valence-corrected chi connectivity index (χ4v) is 3.65. The van der Waals surface area contributed by atoms with E-state index in [0.29, 0.717) is 25.3 Å². The topological polar surface area (TPSA) is 124 Å². The Morgan fingerprint density at radius 1 is 1.41 bits per heavy atom. The zero-order valence-corrected chi connectivity index (χ0v) is 16.0. The molecule has 0 bridgehead atoms. The number of azide groups is 1. The normalized spacial score (nSPS) is 19.7. The number of piperidine rings is 1. The number of anilines is 2. The van der Waals surface area contributed by atoms with Crippen LogP contribution in [0.15, 0.2) is 48.0 Å². The number of aromatic nitrogens is 3. The number of aliphatic hydroxyl groups excluding tert-OH is 1. The molecule has 0 saturated carbocycles. The van der Waals surface area contributed by atoms with Crippen molar-refractivity contribution >= 4 is 17.0 Å². The second kappa shape index (κ2) is 8.36. The molecule has 0 unspecified atom stereocenters. The van der Waals surface area contributed by atoms with E-state index in [2.05, 4.69) is 30.3 Å². The number of β-amino-alcohol motifs (C(OH)–C–C–N with tert-alkyl or cyclic N) is 1. The Balaban J connectivity index is 1.57. The molecular formula is C19H22N8O2. The molecule has 2 atom stereocenters. The predicted octanol–water partition coefficient (Wildman–Crippen LogP) is 2.73. The smallest absolute Gasteiger partial charge is 0.158 e. The Hall–Kier alpha value is -3.33. The number of aliphatic hydroxyl groups is 1. The van der Waals surface area contributed by atoms with Gasteiger partial charge in [-0.15, -0.1) is 0 Å². The van der Waals surface area contributed by atoms with E-state index in [-0.39, 0.29) is 6.04 Å². The Labute approximate surface area is 167 Å². The molecule has 0 aliphatic carbocycles. The predicted molar refractivity (Wildman–Crippen MR) is 108 cm³/mol. The molecule has 3 heterocycles. The third-order valence-corrected chi connectivity index (χ3v) is 5.09. The van der Waals surface area contributed by atoms with E-state index in [1.807, 2.05) is 36.5 Å². The number of hydrogen-bond donors (Lipinski definition) is 2. The minimum absolute atomic E-state index is 0.365. The fourth-order valence-electron chi connectivity index (χ4n) is 3.65. The van der Waals surface area contributed by atoms with Crippen molar-refractivity contribution in [2.45, 2.75) is 25.1 Å². The molecule has 1 aliphatic heterocycles. The van der Waals surface area contributed by atoms with Crippen molar-refractivity contribution in [3.63, 3.8) is 0 Å². The van der Waals surface area contributed by atoms with Crippen molar-refractivity contribution in [2.24, 2.45) is 5.11 Å². The highest BCUT2D eigenvalue weighted by Gasteiger charge is 2.27. The molecule has 0 radical (unpaired) electrons. The molecule has 1 fully saturated rings. The van der Waals surface area contributed by atoms with E-state index in [4.69, 9.17) is 10.3 Å². The Morgan fingerprint density at radius 3 is 3.10 bits per heavy atom. The number of hydrogen-bond acceptors (Lipinski definition) is 7. The fraction of sp³-hybridized carbons (Fsp3) is 0.368. The number of fused-ring (bicyclic) bond motifs is 1. The van der Waals surface area contributed by atoms with Crippen LogP contribution in [0.3, 0.4) is 0 Å². The van der Waals surface area contributed by atoms with Gasteiger partial charge in [-0.1, -0.05) is 11.2 Å². The maximum absolute atomic E-state index is 10.3. The van der Waals surface area contributed by atoms with E-state index in [0.717, 1.165) is 29.1 Å². The largest absolute Gasteiger partial charge is 0.497 e. The van der Waals surface area contributed by atoms with E-state index in [9.17, 15) is 5.11 Å². The van der Waals surface area contributed by atoms with Crippen molar-refractivity contribution < 1.29 is 9.84 Å². The molecule has 0 amide bonds. The minimum Gasteiger partial charge on any atom is -0.497 e. The van der Waals surface area contributed by atoms with Crippen LogP contribution in [-0.2, 0) is 6.54 Å². The van der Waals surface area contributed by atoms with Gasteiger partial charge in [-0.05, 0) is 42.3 Å². The van der Waals surface area contributed by atoms with Gasteiger partial charge in [-0.25, -0.2) is 9.50 Å². The van der Waals surface area contributed by atoms with Crippen molar-refractivity contribution in [1.82, 2.24) is 19.5 Å². The first-order chi connectivity index (χ1) is 14.2. The van der Waals surface area contributed by atoms with Crippen LogP contribution in [0.25, 0.3) is 16.0 Å². The van der Waals surface area contributed by atoms with Crippen molar-refractivity contribution in [3.05, 3.63) is 58.9 Å². The van der Waals surface area contributed by atoms with Gasteiger partial charge in [-0.2, -0.15) is 5.10 Å². The summed E-state index contributed by atoms with van der Waals surface area (Å²) in [4.78, 5) is 9.40. The number of benzene rings is 1. The molecule has 10 nitrogen and oxygen atoms in total. The average Bonchev–Trinajstić information content (AvgIpc) is 3.14. The van der Waals surface area contributed by atoms with Crippen molar-refractivity contribution in [1.29, 1.82) is 0 Å². The van der Waals surface area contributed by atoms with Gasteiger partial charge in [0.05, 0.1) is 19.3 Å². The third kappa shape index (κ3) is 4.09. The number of rotatable bonds is 6. The summed E-state index contributed by atoms with van der Waals surface area (Å²) >= 11 is 0. The quantitative estimate of drug-likeness (QED) is 0.376. The summed E-state index contributed by atoms with van der Waals surface area (Å²) in [5, 5.41) is 21.6. The molecule has 1 aromatic carbocycles. The number of methoxy groups -OCH3 is 1.